The van der Waals surface area contributed by atoms with Gasteiger partial charge in [0.2, 0.25) is 0 Å². The molecular weight excluding hydrogens is 364 g/mol. The van der Waals surface area contributed by atoms with Crippen LogP contribution >= 0.6 is 11.3 Å². The van der Waals surface area contributed by atoms with Gasteiger partial charge in [-0.15, -0.1) is 11.3 Å². The van der Waals surface area contributed by atoms with E-state index in [9.17, 15) is 4.79 Å². The van der Waals surface area contributed by atoms with Crippen molar-refractivity contribution in [1.82, 2.24) is 4.90 Å². The molecule has 3 nitrogen and oxygen atoms in total. The van der Waals surface area contributed by atoms with E-state index < -0.39 is 0 Å². The van der Waals surface area contributed by atoms with Gasteiger partial charge < -0.3 is 10.2 Å². The monoisotopic (exact) mass is 389 g/mol. The van der Waals surface area contributed by atoms with Crippen molar-refractivity contribution < 1.29 is 10.1 Å². The molecule has 0 saturated heterocycles. The van der Waals surface area contributed by atoms with Gasteiger partial charge in [-0.1, -0.05) is 72.8 Å². The average molecular weight is 390 g/mol. The molecule has 28 heavy (non-hydrogen) atoms. The Kier molecular flexibility index (Phi) is 6.00. The van der Waals surface area contributed by atoms with Gasteiger partial charge in [0.25, 0.3) is 5.91 Å². The number of carbonyl (C=O) groups is 1. The normalized spacial score (nSPS) is 15.1. The summed E-state index contributed by atoms with van der Waals surface area (Å²) in [5, 5.41) is 4.27. The maximum atomic E-state index is 12.8. The summed E-state index contributed by atoms with van der Waals surface area (Å²) in [6.45, 7) is 1.96. The molecule has 0 fully saturated rings. The van der Waals surface area contributed by atoms with Crippen molar-refractivity contribution in [2.45, 2.75) is 12.5 Å². The smallest absolute Gasteiger partial charge is 0.278 e. The average Bonchev–Trinajstić information content (AvgIpc) is 3.30. The number of quaternary nitrogens is 1. The Morgan fingerprint density at radius 2 is 1.75 bits per heavy atom. The predicted octanol–water partition coefficient (Wildman–Crippen LogP) is 3.72. The first-order valence-corrected chi connectivity index (χ1v) is 10.6. The summed E-state index contributed by atoms with van der Waals surface area (Å²) in [6, 6.07) is 25.3. The molecule has 2 aromatic carbocycles. The second-order valence-electron chi connectivity index (χ2n) is 7.03. The Hall–Kier alpha value is -2.69. The van der Waals surface area contributed by atoms with Crippen LogP contribution in [0, 0.1) is 0 Å². The topological polar surface area (TPSA) is 36.9 Å². The van der Waals surface area contributed by atoms with E-state index in [0.717, 1.165) is 13.0 Å². The Morgan fingerprint density at radius 3 is 2.39 bits per heavy atom. The Balaban J connectivity index is 1.39. The molecule has 1 aromatic heterocycles. The Labute approximate surface area is 170 Å². The lowest BCUT2D eigenvalue weighted by Gasteiger charge is -2.26. The molecule has 0 spiro atoms. The number of hydrogen-bond donors (Lipinski definition) is 1. The first-order valence-electron chi connectivity index (χ1n) is 9.75. The number of hydrogen-bond acceptors (Lipinski definition) is 2. The minimum atomic E-state index is 0.172. The van der Waals surface area contributed by atoms with Gasteiger partial charge in [0.15, 0.2) is 6.54 Å². The summed E-state index contributed by atoms with van der Waals surface area (Å²) in [6.07, 6.45) is 3.12. The molecule has 1 aliphatic heterocycles. The largest absolute Gasteiger partial charge is 0.334 e. The highest BCUT2D eigenvalue weighted by atomic mass is 32.1. The third kappa shape index (κ3) is 4.41. The zero-order valence-electron chi connectivity index (χ0n) is 15.8. The molecule has 1 amide bonds. The second kappa shape index (κ2) is 9.00. The molecule has 0 radical (unpaired) electrons. The van der Waals surface area contributed by atoms with E-state index >= 15 is 0 Å². The van der Waals surface area contributed by atoms with Crippen LogP contribution in [0.2, 0.25) is 0 Å². The lowest BCUT2D eigenvalue weighted by molar-refractivity contribution is -0.676. The van der Waals surface area contributed by atoms with Crippen molar-refractivity contribution in [3.63, 3.8) is 0 Å². The third-order valence-electron chi connectivity index (χ3n) is 5.24. The van der Waals surface area contributed by atoms with Crippen LogP contribution in [-0.2, 0) is 4.79 Å². The Bertz CT molecular complexity index is 920. The summed E-state index contributed by atoms with van der Waals surface area (Å²) in [7, 11) is 0. The van der Waals surface area contributed by atoms with Crippen LogP contribution in [0.4, 0.5) is 0 Å². The summed E-state index contributed by atoms with van der Waals surface area (Å²) in [5.74, 6) is 0.209. The molecular formula is C24H25N2OS+. The molecule has 3 aromatic rings. The summed E-state index contributed by atoms with van der Waals surface area (Å²) in [5.41, 5.74) is 3.85. The van der Waals surface area contributed by atoms with E-state index in [4.69, 9.17) is 0 Å². The molecule has 1 atom stereocenters. The number of nitrogens with zero attached hydrogens (tertiary/aromatic N) is 1. The van der Waals surface area contributed by atoms with Crippen molar-refractivity contribution in [2.75, 3.05) is 19.6 Å². The zero-order chi connectivity index (χ0) is 19.2. The molecule has 0 bridgehead atoms. The molecule has 142 valence electrons. The first kappa shape index (κ1) is 18.7. The Morgan fingerprint density at radius 1 is 1.00 bits per heavy atom. The highest BCUT2D eigenvalue weighted by Crippen LogP contribution is 2.23. The maximum Gasteiger partial charge on any atom is 0.278 e. The highest BCUT2D eigenvalue weighted by Gasteiger charge is 2.23. The quantitative estimate of drug-likeness (QED) is 0.685. The van der Waals surface area contributed by atoms with E-state index in [0.29, 0.717) is 13.1 Å². The number of nitrogens with two attached hydrogens (primary N) is 1. The van der Waals surface area contributed by atoms with E-state index in [1.807, 2.05) is 17.0 Å². The van der Waals surface area contributed by atoms with Crippen LogP contribution in [0.15, 0.2) is 84.3 Å². The lowest BCUT2D eigenvalue weighted by Crippen LogP contribution is -2.87. The van der Waals surface area contributed by atoms with Crippen LogP contribution in [-0.4, -0.2) is 30.4 Å². The van der Waals surface area contributed by atoms with Gasteiger partial charge in [0.1, 0.15) is 6.04 Å². The van der Waals surface area contributed by atoms with E-state index in [2.05, 4.69) is 77.4 Å². The number of benzene rings is 2. The van der Waals surface area contributed by atoms with Crippen LogP contribution in [0.25, 0.3) is 5.57 Å². The van der Waals surface area contributed by atoms with Crippen molar-refractivity contribution >= 4 is 22.8 Å². The highest BCUT2D eigenvalue weighted by molar-refractivity contribution is 7.10. The van der Waals surface area contributed by atoms with Gasteiger partial charge in [-0.3, -0.25) is 4.79 Å². The number of rotatable bonds is 6. The molecule has 1 aliphatic rings. The molecule has 2 N–H and O–H groups in total. The van der Waals surface area contributed by atoms with Crippen LogP contribution in [0.1, 0.15) is 28.5 Å². The third-order valence-corrected chi connectivity index (χ3v) is 6.20. The van der Waals surface area contributed by atoms with Crippen molar-refractivity contribution in [3.05, 3.63) is 100 Å². The summed E-state index contributed by atoms with van der Waals surface area (Å²) >= 11 is 1.75. The number of amides is 1. The van der Waals surface area contributed by atoms with Crippen molar-refractivity contribution in [1.29, 1.82) is 0 Å². The molecule has 4 heteroatoms. The number of thiophene rings is 1. The molecule has 0 unspecified atom stereocenters. The van der Waals surface area contributed by atoms with Crippen LogP contribution in [0.3, 0.4) is 0 Å². The predicted molar refractivity (Wildman–Crippen MR) is 115 cm³/mol. The van der Waals surface area contributed by atoms with Gasteiger partial charge in [-0.25, -0.2) is 0 Å². The van der Waals surface area contributed by atoms with E-state index in [-0.39, 0.29) is 11.9 Å². The molecule has 0 saturated carbocycles. The minimum Gasteiger partial charge on any atom is -0.334 e. The molecule has 0 aliphatic carbocycles. The zero-order valence-corrected chi connectivity index (χ0v) is 16.6. The van der Waals surface area contributed by atoms with Crippen LogP contribution < -0.4 is 5.32 Å². The van der Waals surface area contributed by atoms with Gasteiger partial charge in [0, 0.05) is 18.7 Å². The standard InChI is InChI=1S/C24H24N2OS/c27-23(26-15-13-20(14-16-26)19-8-3-1-4-9-19)18-25-24(22-12-7-17-28-22)21-10-5-2-6-11-21/h1-13,17,24-25H,14-16,18H2/p+1/t24-/m0/s1. The van der Waals surface area contributed by atoms with Crippen molar-refractivity contribution in [2.24, 2.45) is 0 Å². The molecule has 2 heterocycles. The maximum absolute atomic E-state index is 12.8. The van der Waals surface area contributed by atoms with Gasteiger partial charge in [-0.05, 0) is 29.0 Å². The van der Waals surface area contributed by atoms with Crippen LogP contribution in [0.5, 0.6) is 0 Å². The van der Waals surface area contributed by atoms with Gasteiger partial charge in [0.05, 0.1) is 4.88 Å². The minimum absolute atomic E-state index is 0.172. The number of carbonyl (C=O) groups excluding carboxylic acids is 1. The summed E-state index contributed by atoms with van der Waals surface area (Å²) in [4.78, 5) is 16.1. The SMILES string of the molecule is O=C(C[NH2+][C@@H](c1ccccc1)c1cccs1)N1CC=C(c2ccccc2)CC1. The lowest BCUT2D eigenvalue weighted by atomic mass is 9.99. The van der Waals surface area contributed by atoms with Crippen molar-refractivity contribution in [3.8, 4) is 0 Å². The molecule has 4 rings (SSSR count). The van der Waals surface area contributed by atoms with Gasteiger partial charge in [-0.2, -0.15) is 0 Å². The van der Waals surface area contributed by atoms with Gasteiger partial charge >= 0.3 is 0 Å². The fourth-order valence-electron chi connectivity index (χ4n) is 3.70. The van der Waals surface area contributed by atoms with E-state index in [1.54, 1.807) is 11.3 Å². The fraction of sp³-hybridized carbons (Fsp3) is 0.208. The fourth-order valence-corrected chi connectivity index (χ4v) is 4.55. The summed E-state index contributed by atoms with van der Waals surface area (Å²) < 4.78 is 0. The first-order chi connectivity index (χ1) is 13.8. The second-order valence-corrected chi connectivity index (χ2v) is 8.01. The van der Waals surface area contributed by atoms with E-state index in [1.165, 1.54) is 21.6 Å².